The summed E-state index contributed by atoms with van der Waals surface area (Å²) in [5.74, 6) is 3.01. The van der Waals surface area contributed by atoms with Crippen LogP contribution in [0, 0.1) is 24.7 Å². The molecule has 0 radical (unpaired) electrons. The van der Waals surface area contributed by atoms with Gasteiger partial charge in [0, 0.05) is 11.9 Å². The van der Waals surface area contributed by atoms with Gasteiger partial charge in [0.15, 0.2) is 5.13 Å². The van der Waals surface area contributed by atoms with E-state index in [4.69, 9.17) is 0 Å². The van der Waals surface area contributed by atoms with E-state index in [-0.39, 0.29) is 0 Å². The highest BCUT2D eigenvalue weighted by Crippen LogP contribution is 2.49. The molecule has 0 amide bonds. The molecule has 0 saturated heterocycles. The second kappa shape index (κ2) is 3.78. The molecule has 0 unspecified atom stereocenters. The maximum absolute atomic E-state index is 4.45. The Balaban J connectivity index is 1.55. The fourth-order valence-corrected chi connectivity index (χ4v) is 3.11. The average Bonchev–Trinajstić information content (AvgIpc) is 3.09. The van der Waals surface area contributed by atoms with Crippen molar-refractivity contribution in [1.29, 1.82) is 0 Å². The van der Waals surface area contributed by atoms with Crippen molar-refractivity contribution in [3.63, 3.8) is 0 Å². The summed E-state index contributed by atoms with van der Waals surface area (Å²) in [6, 6.07) is 0. The fraction of sp³-hybridized carbons (Fsp3) is 0.750. The Morgan fingerprint density at radius 2 is 2.07 bits per heavy atom. The Kier molecular flexibility index (Phi) is 2.43. The van der Waals surface area contributed by atoms with Crippen molar-refractivity contribution in [2.24, 2.45) is 17.8 Å². The molecule has 1 aromatic rings. The summed E-state index contributed by atoms with van der Waals surface area (Å²) in [4.78, 5) is 4.45. The van der Waals surface area contributed by atoms with Crippen LogP contribution in [0.1, 0.15) is 31.4 Å². The van der Waals surface area contributed by atoms with E-state index >= 15 is 0 Å². The van der Waals surface area contributed by atoms with Gasteiger partial charge in [-0.3, -0.25) is 0 Å². The van der Waals surface area contributed by atoms with Crippen LogP contribution in [0.15, 0.2) is 5.38 Å². The van der Waals surface area contributed by atoms with Gasteiger partial charge < -0.3 is 5.32 Å². The molecular formula is C12H18N2S. The standard InChI is InChI=1S/C12H18N2S/c1-8-7-15-12(14-8)13-6-11(9-2-3-9)10-4-5-10/h7,9-11H,2-6H2,1H3,(H,13,14). The highest BCUT2D eigenvalue weighted by Gasteiger charge is 2.41. The summed E-state index contributed by atoms with van der Waals surface area (Å²) in [5.41, 5.74) is 1.14. The molecule has 2 saturated carbocycles. The smallest absolute Gasteiger partial charge is 0.182 e. The summed E-state index contributed by atoms with van der Waals surface area (Å²) in [6.45, 7) is 3.21. The third kappa shape index (κ3) is 2.33. The molecule has 0 aliphatic heterocycles. The Hall–Kier alpha value is -0.570. The van der Waals surface area contributed by atoms with Crippen LogP contribution in [0.3, 0.4) is 0 Å². The first-order valence-electron chi connectivity index (χ1n) is 5.99. The van der Waals surface area contributed by atoms with Gasteiger partial charge in [-0.1, -0.05) is 0 Å². The van der Waals surface area contributed by atoms with Gasteiger partial charge in [0.1, 0.15) is 0 Å². The monoisotopic (exact) mass is 222 g/mol. The zero-order chi connectivity index (χ0) is 10.3. The summed E-state index contributed by atoms with van der Waals surface area (Å²) < 4.78 is 0. The zero-order valence-electron chi connectivity index (χ0n) is 9.20. The molecule has 2 aliphatic carbocycles. The SMILES string of the molecule is Cc1csc(NCC(C2CC2)C2CC2)n1. The van der Waals surface area contributed by atoms with Crippen LogP contribution in [0.2, 0.25) is 0 Å². The first-order valence-corrected chi connectivity index (χ1v) is 6.87. The summed E-state index contributed by atoms with van der Waals surface area (Å²) in [7, 11) is 0. The normalized spacial score (nSPS) is 20.9. The topological polar surface area (TPSA) is 24.9 Å². The molecule has 1 N–H and O–H groups in total. The minimum Gasteiger partial charge on any atom is -0.361 e. The van der Waals surface area contributed by atoms with Crippen molar-refractivity contribution in [3.05, 3.63) is 11.1 Å². The third-order valence-electron chi connectivity index (χ3n) is 3.56. The number of aromatic nitrogens is 1. The van der Waals surface area contributed by atoms with Crippen molar-refractivity contribution in [1.82, 2.24) is 4.98 Å². The van der Waals surface area contributed by atoms with Crippen molar-refractivity contribution in [2.45, 2.75) is 32.6 Å². The first kappa shape index (κ1) is 9.64. The molecule has 2 nitrogen and oxygen atoms in total. The van der Waals surface area contributed by atoms with Gasteiger partial charge >= 0.3 is 0 Å². The van der Waals surface area contributed by atoms with Gasteiger partial charge in [0.05, 0.1) is 5.69 Å². The van der Waals surface area contributed by atoms with E-state index in [0.717, 1.165) is 35.1 Å². The van der Waals surface area contributed by atoms with Crippen LogP contribution >= 0.6 is 11.3 Å². The number of rotatable bonds is 5. The maximum atomic E-state index is 4.45. The molecular weight excluding hydrogens is 204 g/mol. The predicted octanol–water partition coefficient (Wildman–Crippen LogP) is 3.30. The molecule has 1 heterocycles. The third-order valence-corrected chi connectivity index (χ3v) is 4.48. The molecule has 1 aromatic heterocycles. The Bertz CT molecular complexity index is 327. The number of hydrogen-bond acceptors (Lipinski definition) is 3. The maximum Gasteiger partial charge on any atom is 0.182 e. The van der Waals surface area contributed by atoms with Crippen LogP contribution in [-0.2, 0) is 0 Å². The number of aryl methyl sites for hydroxylation is 1. The van der Waals surface area contributed by atoms with Crippen LogP contribution in [0.4, 0.5) is 5.13 Å². The largest absolute Gasteiger partial charge is 0.361 e. The molecule has 0 bridgehead atoms. The summed E-state index contributed by atoms with van der Waals surface area (Å²) >= 11 is 1.73. The molecule has 15 heavy (non-hydrogen) atoms. The number of nitrogens with zero attached hydrogens (tertiary/aromatic N) is 1. The zero-order valence-corrected chi connectivity index (χ0v) is 10.0. The lowest BCUT2D eigenvalue weighted by atomic mass is 9.98. The van der Waals surface area contributed by atoms with Gasteiger partial charge in [-0.25, -0.2) is 4.98 Å². The number of anilines is 1. The van der Waals surface area contributed by atoms with Crippen LogP contribution in [0.5, 0.6) is 0 Å². The van der Waals surface area contributed by atoms with E-state index in [2.05, 4.69) is 22.6 Å². The van der Waals surface area contributed by atoms with Gasteiger partial charge in [0.2, 0.25) is 0 Å². The number of nitrogens with one attached hydrogen (secondary N) is 1. The molecule has 3 rings (SSSR count). The van der Waals surface area contributed by atoms with E-state index in [1.165, 1.54) is 25.7 Å². The van der Waals surface area contributed by atoms with E-state index < -0.39 is 0 Å². The van der Waals surface area contributed by atoms with Crippen molar-refractivity contribution < 1.29 is 0 Å². The minimum absolute atomic E-state index is 0.939. The van der Waals surface area contributed by atoms with Crippen LogP contribution in [-0.4, -0.2) is 11.5 Å². The van der Waals surface area contributed by atoms with Gasteiger partial charge in [-0.15, -0.1) is 11.3 Å². The lowest BCUT2D eigenvalue weighted by molar-refractivity contribution is 0.428. The van der Waals surface area contributed by atoms with E-state index in [1.54, 1.807) is 11.3 Å². The van der Waals surface area contributed by atoms with E-state index in [9.17, 15) is 0 Å². The lowest BCUT2D eigenvalue weighted by Gasteiger charge is -2.15. The Morgan fingerprint density at radius 3 is 2.53 bits per heavy atom. The second-order valence-corrected chi connectivity index (χ2v) is 5.87. The molecule has 0 spiro atoms. The summed E-state index contributed by atoms with van der Waals surface area (Å²) in [5, 5.41) is 6.74. The van der Waals surface area contributed by atoms with Gasteiger partial charge in [0.25, 0.3) is 0 Å². The highest BCUT2D eigenvalue weighted by molar-refractivity contribution is 7.13. The quantitative estimate of drug-likeness (QED) is 0.827. The number of hydrogen-bond donors (Lipinski definition) is 1. The minimum atomic E-state index is 0.939. The number of thiazole rings is 1. The van der Waals surface area contributed by atoms with Crippen molar-refractivity contribution >= 4 is 16.5 Å². The Labute approximate surface area is 95.1 Å². The molecule has 2 fully saturated rings. The lowest BCUT2D eigenvalue weighted by Crippen LogP contribution is -2.18. The van der Waals surface area contributed by atoms with Gasteiger partial charge in [-0.05, 0) is 50.4 Å². The van der Waals surface area contributed by atoms with Crippen molar-refractivity contribution in [3.8, 4) is 0 Å². The predicted molar refractivity (Wildman–Crippen MR) is 64.3 cm³/mol. The Morgan fingerprint density at radius 1 is 1.40 bits per heavy atom. The van der Waals surface area contributed by atoms with Crippen LogP contribution < -0.4 is 5.32 Å². The van der Waals surface area contributed by atoms with Crippen LogP contribution in [0.25, 0.3) is 0 Å². The van der Waals surface area contributed by atoms with E-state index in [1.807, 2.05) is 0 Å². The molecule has 82 valence electrons. The van der Waals surface area contributed by atoms with Crippen molar-refractivity contribution in [2.75, 3.05) is 11.9 Å². The van der Waals surface area contributed by atoms with Gasteiger partial charge in [-0.2, -0.15) is 0 Å². The molecule has 2 aliphatic rings. The first-order chi connectivity index (χ1) is 7.33. The summed E-state index contributed by atoms with van der Waals surface area (Å²) in [6.07, 6.45) is 5.89. The molecule has 0 aromatic carbocycles. The second-order valence-electron chi connectivity index (χ2n) is 5.01. The average molecular weight is 222 g/mol. The fourth-order valence-electron chi connectivity index (χ4n) is 2.41. The molecule has 0 atom stereocenters. The van der Waals surface area contributed by atoms with E-state index in [0.29, 0.717) is 0 Å². The molecule has 3 heteroatoms. The highest BCUT2D eigenvalue weighted by atomic mass is 32.1.